The normalized spacial score (nSPS) is 16.3. The number of hydrogen-bond acceptors (Lipinski definition) is 9. The van der Waals surface area contributed by atoms with Crippen LogP contribution in [0.3, 0.4) is 0 Å². The van der Waals surface area contributed by atoms with Crippen LogP contribution in [0.15, 0.2) is 54.1 Å². The van der Waals surface area contributed by atoms with Crippen molar-refractivity contribution in [3.8, 4) is 0 Å². The average molecular weight is 690 g/mol. The molecule has 274 valence electrons. The summed E-state index contributed by atoms with van der Waals surface area (Å²) in [6.45, 7) is 11.9. The maximum Gasteiger partial charge on any atom is 0.408 e. The van der Waals surface area contributed by atoms with Gasteiger partial charge in [0.1, 0.15) is 11.6 Å². The Kier molecular flexibility index (Phi) is 17.7. The quantitative estimate of drug-likeness (QED) is 0.131. The van der Waals surface area contributed by atoms with Gasteiger partial charge in [-0.25, -0.2) is 14.4 Å². The Labute approximate surface area is 290 Å². The van der Waals surface area contributed by atoms with E-state index in [2.05, 4.69) is 10.6 Å². The van der Waals surface area contributed by atoms with Gasteiger partial charge in [-0.05, 0) is 53.0 Å². The van der Waals surface area contributed by atoms with E-state index < -0.39 is 65.6 Å². The Balaban J connectivity index is 3.19. The fraction of sp³-hybridized carbons (Fsp3) is 0.583. The highest BCUT2D eigenvalue weighted by Crippen LogP contribution is 2.18. The van der Waals surface area contributed by atoms with E-state index in [0.29, 0.717) is 0 Å². The topological polar surface area (TPSA) is 181 Å². The van der Waals surface area contributed by atoms with Crippen LogP contribution in [0.1, 0.15) is 66.9 Å². The number of carboxylic acids is 1. The predicted molar refractivity (Wildman–Crippen MR) is 184 cm³/mol. The number of nitrogens with zero attached hydrogens (tertiary/aromatic N) is 1. The van der Waals surface area contributed by atoms with E-state index in [1.165, 1.54) is 14.0 Å². The molecule has 0 aliphatic carbocycles. The lowest BCUT2D eigenvalue weighted by Gasteiger charge is -2.28. The standard InChI is InChI=1S/C36H55N3O10/c1-22(20-23(2)29(47-9)21-26-14-12-11-13-15-26)16-17-27(38-35(46)49-36(5,6)7)24(3)32(42)37-28(34(45)48-10)18-19-30(41)39(8)31(25(4)40)33(43)44/h11-17,20,23-25,27-29,31,40H,18-19,21H2,1-10H3,(H,37,42)(H,38,46)(H,43,44)/b17-16+,22-20+/t23-,24-,25?,27-,28+,29-,31-/m0/s1. The van der Waals surface area contributed by atoms with E-state index in [0.717, 1.165) is 29.6 Å². The third kappa shape index (κ3) is 15.2. The fourth-order valence-corrected chi connectivity index (χ4v) is 5.10. The molecule has 3 amide bonds. The Bertz CT molecular complexity index is 1310. The van der Waals surface area contributed by atoms with Crippen molar-refractivity contribution in [3.05, 3.63) is 59.7 Å². The number of aliphatic hydroxyl groups excluding tert-OH is 1. The SMILES string of the molecule is COC(=O)[C@@H](CCC(=O)N(C)[C@H](C(=O)O)C(C)O)NC(=O)[C@@H](C)[C@H](/C=C/C(C)=C/[C@H](C)[C@H](Cc1ccccc1)OC)NC(=O)OC(C)(C)C. The molecule has 13 heteroatoms. The largest absolute Gasteiger partial charge is 0.480 e. The molecule has 4 N–H and O–H groups in total. The smallest absolute Gasteiger partial charge is 0.408 e. The monoisotopic (exact) mass is 689 g/mol. The number of amides is 3. The third-order valence-corrected chi connectivity index (χ3v) is 7.87. The van der Waals surface area contributed by atoms with Crippen molar-refractivity contribution in [1.29, 1.82) is 0 Å². The fourth-order valence-electron chi connectivity index (χ4n) is 5.10. The number of likely N-dealkylation sites (N-methyl/N-ethyl adjacent to an activating group) is 1. The number of benzene rings is 1. The number of allylic oxidation sites excluding steroid dienone is 2. The molecule has 0 saturated heterocycles. The van der Waals surface area contributed by atoms with Crippen LogP contribution in [-0.4, -0.2) is 102 Å². The molecule has 0 radical (unpaired) electrons. The molecule has 0 heterocycles. The Morgan fingerprint density at radius 2 is 1.61 bits per heavy atom. The molecule has 1 unspecified atom stereocenters. The summed E-state index contributed by atoms with van der Waals surface area (Å²) in [6, 6.07) is 6.39. The highest BCUT2D eigenvalue weighted by molar-refractivity contribution is 5.88. The first kappa shape index (κ1) is 42.8. The number of carbonyl (C=O) groups is 5. The number of alkyl carbamates (subject to hydrolysis) is 1. The molecule has 7 atom stereocenters. The molecule has 0 aromatic heterocycles. The molecule has 0 aliphatic rings. The number of nitrogens with one attached hydrogen (secondary N) is 2. The van der Waals surface area contributed by atoms with Crippen LogP contribution >= 0.6 is 0 Å². The van der Waals surface area contributed by atoms with Crippen molar-refractivity contribution in [2.45, 2.75) is 104 Å². The molecular formula is C36H55N3O10. The average Bonchev–Trinajstić information content (AvgIpc) is 3.01. The second-order valence-electron chi connectivity index (χ2n) is 13.2. The summed E-state index contributed by atoms with van der Waals surface area (Å²) >= 11 is 0. The maximum absolute atomic E-state index is 13.5. The van der Waals surface area contributed by atoms with Gasteiger partial charge in [0, 0.05) is 26.5 Å². The summed E-state index contributed by atoms with van der Waals surface area (Å²) in [7, 11) is 4.03. The van der Waals surface area contributed by atoms with Crippen LogP contribution in [0.2, 0.25) is 0 Å². The maximum atomic E-state index is 13.5. The molecule has 1 rings (SSSR count). The number of hydrogen-bond donors (Lipinski definition) is 4. The van der Waals surface area contributed by atoms with Crippen LogP contribution in [0, 0.1) is 11.8 Å². The molecule has 49 heavy (non-hydrogen) atoms. The number of esters is 1. The highest BCUT2D eigenvalue weighted by atomic mass is 16.6. The summed E-state index contributed by atoms with van der Waals surface area (Å²) < 4.78 is 16.0. The molecule has 0 aliphatic heterocycles. The number of ether oxygens (including phenoxy) is 3. The van der Waals surface area contributed by atoms with Gasteiger partial charge in [0.25, 0.3) is 0 Å². The minimum Gasteiger partial charge on any atom is -0.480 e. The minimum absolute atomic E-state index is 0.0294. The van der Waals surface area contributed by atoms with Gasteiger partial charge in [-0.3, -0.25) is 9.59 Å². The number of aliphatic hydroxyl groups is 1. The summed E-state index contributed by atoms with van der Waals surface area (Å²) in [5.41, 5.74) is 1.21. The van der Waals surface area contributed by atoms with Gasteiger partial charge in [-0.1, -0.05) is 68.0 Å². The lowest BCUT2D eigenvalue weighted by molar-refractivity contribution is -0.154. The first-order valence-electron chi connectivity index (χ1n) is 16.3. The number of carboxylic acid groups (broad SMARTS) is 1. The molecule has 0 saturated carbocycles. The van der Waals surface area contributed by atoms with Crippen molar-refractivity contribution < 1.29 is 48.4 Å². The number of rotatable bonds is 18. The molecule has 0 bridgehead atoms. The summed E-state index contributed by atoms with van der Waals surface area (Å²) in [6.07, 6.45) is 3.50. The van der Waals surface area contributed by atoms with Gasteiger partial charge in [-0.2, -0.15) is 0 Å². The Morgan fingerprint density at radius 1 is 1.00 bits per heavy atom. The van der Waals surface area contributed by atoms with E-state index >= 15 is 0 Å². The van der Waals surface area contributed by atoms with E-state index in [-0.39, 0.29) is 24.9 Å². The molecule has 13 nitrogen and oxygen atoms in total. The predicted octanol–water partition coefficient (Wildman–Crippen LogP) is 3.64. The third-order valence-electron chi connectivity index (χ3n) is 7.87. The van der Waals surface area contributed by atoms with Crippen molar-refractivity contribution in [2.75, 3.05) is 21.3 Å². The van der Waals surface area contributed by atoms with Crippen molar-refractivity contribution >= 4 is 29.8 Å². The zero-order chi connectivity index (χ0) is 37.5. The zero-order valence-corrected chi connectivity index (χ0v) is 30.4. The van der Waals surface area contributed by atoms with E-state index in [9.17, 15) is 34.2 Å². The minimum atomic E-state index is -1.49. The highest BCUT2D eigenvalue weighted by Gasteiger charge is 2.33. The van der Waals surface area contributed by atoms with Crippen LogP contribution < -0.4 is 10.6 Å². The second-order valence-corrected chi connectivity index (χ2v) is 13.2. The first-order valence-corrected chi connectivity index (χ1v) is 16.3. The van der Waals surface area contributed by atoms with Crippen LogP contribution in [-0.2, 0) is 39.8 Å². The summed E-state index contributed by atoms with van der Waals surface area (Å²) in [5.74, 6) is -4.37. The molecule has 0 spiro atoms. The van der Waals surface area contributed by atoms with Crippen LogP contribution in [0.25, 0.3) is 0 Å². The van der Waals surface area contributed by atoms with Crippen molar-refractivity contribution in [3.63, 3.8) is 0 Å². The van der Waals surface area contributed by atoms with Gasteiger partial charge in [0.15, 0.2) is 6.04 Å². The lowest BCUT2D eigenvalue weighted by atomic mass is 9.94. The zero-order valence-electron chi connectivity index (χ0n) is 30.4. The Hall–Kier alpha value is -4.23. The molecule has 0 fully saturated rings. The Morgan fingerprint density at radius 3 is 2.12 bits per heavy atom. The van der Waals surface area contributed by atoms with Gasteiger partial charge in [0.05, 0.1) is 31.3 Å². The van der Waals surface area contributed by atoms with Crippen LogP contribution in [0.5, 0.6) is 0 Å². The number of aliphatic carboxylic acids is 1. The van der Waals surface area contributed by atoms with Crippen molar-refractivity contribution in [1.82, 2.24) is 15.5 Å². The van der Waals surface area contributed by atoms with Gasteiger partial charge in [-0.15, -0.1) is 0 Å². The molecule has 1 aromatic rings. The summed E-state index contributed by atoms with van der Waals surface area (Å²) in [4.78, 5) is 64.0. The molecule has 1 aromatic carbocycles. The van der Waals surface area contributed by atoms with Crippen LogP contribution in [0.4, 0.5) is 4.79 Å². The van der Waals surface area contributed by atoms with E-state index in [4.69, 9.17) is 14.2 Å². The first-order chi connectivity index (χ1) is 22.8. The van der Waals surface area contributed by atoms with Crippen molar-refractivity contribution in [2.24, 2.45) is 11.8 Å². The van der Waals surface area contributed by atoms with E-state index in [1.807, 2.05) is 50.3 Å². The van der Waals surface area contributed by atoms with Gasteiger partial charge >= 0.3 is 18.0 Å². The number of carbonyl (C=O) groups excluding carboxylic acids is 4. The van der Waals surface area contributed by atoms with Gasteiger partial charge < -0.3 is 40.0 Å². The van der Waals surface area contributed by atoms with E-state index in [1.54, 1.807) is 47.0 Å². The number of methoxy groups -OCH3 is 2. The summed E-state index contributed by atoms with van der Waals surface area (Å²) in [5, 5.41) is 24.5. The second kappa shape index (κ2) is 20.3. The molecular weight excluding hydrogens is 634 g/mol. The van der Waals surface area contributed by atoms with Gasteiger partial charge in [0.2, 0.25) is 11.8 Å². The lowest BCUT2D eigenvalue weighted by Crippen LogP contribution is -2.51.